The van der Waals surface area contributed by atoms with Gasteiger partial charge in [0, 0.05) is 25.5 Å². The van der Waals surface area contributed by atoms with Crippen LogP contribution in [0, 0.1) is 39.5 Å². The SMILES string of the molecule is C#C.C#C.CO.Cc1ccc(Cc2c(O[C@H]3C[C@@H](O)C[C@@H](C)O3)nn(N)c2C)cc1. The molecule has 30 heavy (non-hydrogen) atoms. The van der Waals surface area contributed by atoms with Gasteiger partial charge in [-0.1, -0.05) is 29.8 Å². The van der Waals surface area contributed by atoms with Crippen molar-refractivity contribution in [3.8, 4) is 31.6 Å². The van der Waals surface area contributed by atoms with Crippen LogP contribution in [0.1, 0.15) is 42.1 Å². The number of aryl methyl sites for hydroxylation is 1. The molecule has 0 aliphatic carbocycles. The maximum atomic E-state index is 9.91. The smallest absolute Gasteiger partial charge is 0.241 e. The van der Waals surface area contributed by atoms with Gasteiger partial charge in [0.1, 0.15) is 0 Å². The number of terminal acetylenes is 2. The van der Waals surface area contributed by atoms with Gasteiger partial charge in [0.15, 0.2) is 0 Å². The lowest BCUT2D eigenvalue weighted by Crippen LogP contribution is -2.37. The molecule has 2 heterocycles. The maximum absolute atomic E-state index is 9.91. The molecule has 4 N–H and O–H groups in total. The highest BCUT2D eigenvalue weighted by molar-refractivity contribution is 5.37. The molecule has 0 radical (unpaired) electrons. The first-order chi connectivity index (χ1) is 14.4. The minimum Gasteiger partial charge on any atom is -0.446 e. The summed E-state index contributed by atoms with van der Waals surface area (Å²) in [5.74, 6) is 6.39. The van der Waals surface area contributed by atoms with Crippen LogP contribution in [-0.2, 0) is 11.2 Å². The zero-order chi connectivity index (χ0) is 23.3. The van der Waals surface area contributed by atoms with Crippen LogP contribution in [0.4, 0.5) is 0 Å². The van der Waals surface area contributed by atoms with Gasteiger partial charge in [0.25, 0.3) is 0 Å². The molecule has 7 heteroatoms. The second-order valence-electron chi connectivity index (χ2n) is 6.60. The molecule has 1 aliphatic rings. The van der Waals surface area contributed by atoms with Crippen molar-refractivity contribution in [2.24, 2.45) is 0 Å². The van der Waals surface area contributed by atoms with Crippen LogP contribution < -0.4 is 10.6 Å². The summed E-state index contributed by atoms with van der Waals surface area (Å²) in [6.07, 6.45) is 16.8. The number of benzene rings is 1. The van der Waals surface area contributed by atoms with E-state index in [4.69, 9.17) is 20.4 Å². The molecule has 0 spiro atoms. The summed E-state index contributed by atoms with van der Waals surface area (Å²) in [7, 11) is 1.00. The van der Waals surface area contributed by atoms with Crippen molar-refractivity contribution in [1.29, 1.82) is 0 Å². The number of hydrogen-bond donors (Lipinski definition) is 3. The largest absolute Gasteiger partial charge is 0.446 e. The molecule has 1 aliphatic heterocycles. The predicted molar refractivity (Wildman–Crippen MR) is 119 cm³/mol. The van der Waals surface area contributed by atoms with Gasteiger partial charge >= 0.3 is 0 Å². The van der Waals surface area contributed by atoms with Gasteiger partial charge in [-0.3, -0.25) is 0 Å². The first-order valence-electron chi connectivity index (χ1n) is 9.43. The van der Waals surface area contributed by atoms with Gasteiger partial charge in [0.05, 0.1) is 17.9 Å². The van der Waals surface area contributed by atoms with Crippen LogP contribution in [0.2, 0.25) is 0 Å². The summed E-state index contributed by atoms with van der Waals surface area (Å²) in [6.45, 7) is 5.91. The predicted octanol–water partition coefficient (Wildman–Crippen LogP) is 2.18. The van der Waals surface area contributed by atoms with Gasteiger partial charge in [-0.25, -0.2) is 0 Å². The highest BCUT2D eigenvalue weighted by atomic mass is 16.7. The van der Waals surface area contributed by atoms with E-state index in [0.717, 1.165) is 18.4 Å². The fourth-order valence-corrected chi connectivity index (χ4v) is 3.01. The summed E-state index contributed by atoms with van der Waals surface area (Å²) in [4.78, 5) is 1.33. The Hall–Kier alpha value is -2.97. The third-order valence-electron chi connectivity index (χ3n) is 4.43. The molecule has 0 bridgehead atoms. The van der Waals surface area contributed by atoms with Gasteiger partial charge in [-0.15, -0.1) is 30.8 Å². The molecule has 2 aromatic rings. The molecule has 3 atom stereocenters. The molecular formula is C23H33N3O4. The lowest BCUT2D eigenvalue weighted by molar-refractivity contribution is -0.171. The van der Waals surface area contributed by atoms with Crippen molar-refractivity contribution in [3.05, 3.63) is 46.6 Å². The van der Waals surface area contributed by atoms with E-state index in [-0.39, 0.29) is 6.10 Å². The lowest BCUT2D eigenvalue weighted by Gasteiger charge is -2.30. The Morgan fingerprint density at radius 1 is 1.13 bits per heavy atom. The van der Waals surface area contributed by atoms with Crippen LogP contribution in [-0.4, -0.2) is 45.7 Å². The average Bonchev–Trinajstić information content (AvgIpc) is 3.00. The molecule has 1 saturated heterocycles. The van der Waals surface area contributed by atoms with E-state index in [0.29, 0.717) is 25.1 Å². The van der Waals surface area contributed by atoms with Crippen molar-refractivity contribution in [3.63, 3.8) is 0 Å². The molecule has 1 fully saturated rings. The number of nitrogen functional groups attached to an aromatic ring is 1. The number of rotatable bonds is 4. The minimum absolute atomic E-state index is 0.0413. The number of nitrogens with two attached hydrogens (primary N) is 1. The second kappa shape index (κ2) is 14.1. The van der Waals surface area contributed by atoms with Gasteiger partial charge in [0.2, 0.25) is 12.2 Å². The number of ether oxygens (including phenoxy) is 2. The number of aliphatic hydroxyl groups excluding tert-OH is 2. The lowest BCUT2D eigenvalue weighted by atomic mass is 10.0. The normalized spacial score (nSPS) is 19.6. The summed E-state index contributed by atoms with van der Waals surface area (Å²) < 4.78 is 11.7. The average molecular weight is 416 g/mol. The zero-order valence-electron chi connectivity index (χ0n) is 18.2. The third kappa shape index (κ3) is 7.81. The third-order valence-corrected chi connectivity index (χ3v) is 4.43. The molecule has 164 valence electrons. The van der Waals surface area contributed by atoms with Crippen molar-refractivity contribution < 1.29 is 19.7 Å². The fourth-order valence-electron chi connectivity index (χ4n) is 3.01. The van der Waals surface area contributed by atoms with Gasteiger partial charge in [-0.05, 0) is 32.8 Å². The van der Waals surface area contributed by atoms with E-state index >= 15 is 0 Å². The van der Waals surface area contributed by atoms with E-state index in [1.165, 1.54) is 15.9 Å². The highest BCUT2D eigenvalue weighted by Crippen LogP contribution is 2.28. The summed E-state index contributed by atoms with van der Waals surface area (Å²) in [6, 6.07) is 8.35. The Kier molecular flexibility index (Phi) is 12.7. The number of aromatic nitrogens is 2. The summed E-state index contributed by atoms with van der Waals surface area (Å²) in [5.41, 5.74) is 4.19. The highest BCUT2D eigenvalue weighted by Gasteiger charge is 2.29. The number of nitrogens with zero attached hydrogens (tertiary/aromatic N) is 2. The van der Waals surface area contributed by atoms with E-state index in [1.54, 1.807) is 0 Å². The van der Waals surface area contributed by atoms with Crippen molar-refractivity contribution in [1.82, 2.24) is 9.89 Å². The number of hydrogen-bond acceptors (Lipinski definition) is 6. The molecule has 0 amide bonds. The zero-order valence-corrected chi connectivity index (χ0v) is 18.2. The first-order valence-corrected chi connectivity index (χ1v) is 9.43. The van der Waals surface area contributed by atoms with E-state index in [1.807, 2.05) is 13.8 Å². The molecule has 7 nitrogen and oxygen atoms in total. The van der Waals surface area contributed by atoms with Crippen molar-refractivity contribution in [2.45, 2.75) is 58.5 Å². The molecule has 1 aromatic heterocycles. The van der Waals surface area contributed by atoms with Crippen molar-refractivity contribution >= 4 is 0 Å². The van der Waals surface area contributed by atoms with Gasteiger partial charge < -0.3 is 25.5 Å². The Bertz CT molecular complexity index is 765. The monoisotopic (exact) mass is 415 g/mol. The molecule has 0 saturated carbocycles. The van der Waals surface area contributed by atoms with Crippen LogP contribution in [0.25, 0.3) is 0 Å². The molecular weight excluding hydrogens is 382 g/mol. The van der Waals surface area contributed by atoms with Gasteiger partial charge in [-0.2, -0.15) is 4.79 Å². The standard InChI is InChI=1S/C18H25N3O3.2C2H2.CH4O/c1-11-4-6-14(7-5-11)9-16-13(3)21(19)20-18(16)24-17-10-15(22)8-12(2)23-17;3*1-2/h4-7,12,15,17,22H,8-10,19H2,1-3H3;2*1-2H;2H,1H3/t12-,15+,17+;;;/m1.../s1. The molecule has 0 unspecified atom stereocenters. The van der Waals surface area contributed by atoms with E-state index in [2.05, 4.69) is 62.0 Å². The Morgan fingerprint density at radius 2 is 1.70 bits per heavy atom. The van der Waals surface area contributed by atoms with Crippen LogP contribution >= 0.6 is 0 Å². The molecule has 1 aromatic carbocycles. The quantitative estimate of drug-likeness (QED) is 0.522. The minimum atomic E-state index is -0.505. The van der Waals surface area contributed by atoms with E-state index < -0.39 is 12.4 Å². The fraction of sp³-hybridized carbons (Fsp3) is 0.435. The Balaban J connectivity index is 0.00000129. The Labute approximate surface area is 179 Å². The summed E-state index contributed by atoms with van der Waals surface area (Å²) in [5, 5.41) is 21.2. The van der Waals surface area contributed by atoms with Crippen LogP contribution in [0.5, 0.6) is 5.88 Å². The van der Waals surface area contributed by atoms with Crippen LogP contribution in [0.15, 0.2) is 24.3 Å². The maximum Gasteiger partial charge on any atom is 0.241 e. The van der Waals surface area contributed by atoms with Crippen LogP contribution in [0.3, 0.4) is 0 Å². The topological polar surface area (TPSA) is 103 Å². The second-order valence-corrected chi connectivity index (χ2v) is 6.60. The van der Waals surface area contributed by atoms with Crippen molar-refractivity contribution in [2.75, 3.05) is 13.0 Å². The Morgan fingerprint density at radius 3 is 2.23 bits per heavy atom. The summed E-state index contributed by atoms with van der Waals surface area (Å²) >= 11 is 0. The van der Waals surface area contributed by atoms with E-state index in [9.17, 15) is 5.11 Å². The molecule has 3 rings (SSSR count). The number of aliphatic hydroxyl groups is 2. The first kappa shape index (κ1) is 27.0.